The Kier molecular flexibility index (Phi) is 4.78. The lowest BCUT2D eigenvalue weighted by Gasteiger charge is -2.06. The third-order valence-corrected chi connectivity index (χ3v) is 4.55. The SMILES string of the molecule is Cc1cc(NC(=O)Cn2cccc2-c2nc(-c3ccc(F)c(Br)c3)no2)n[nH]1. The molecule has 0 aliphatic heterocycles. The molecule has 4 aromatic rings. The van der Waals surface area contributed by atoms with E-state index in [0.717, 1.165) is 5.69 Å². The first-order chi connectivity index (χ1) is 13.5. The van der Waals surface area contributed by atoms with Crippen LogP contribution in [-0.2, 0) is 11.3 Å². The van der Waals surface area contributed by atoms with E-state index in [2.05, 4.69) is 41.6 Å². The Morgan fingerprint density at radius 1 is 1.36 bits per heavy atom. The smallest absolute Gasteiger partial charge is 0.274 e. The van der Waals surface area contributed by atoms with Crippen molar-refractivity contribution >= 4 is 27.7 Å². The number of aryl methyl sites for hydroxylation is 1. The van der Waals surface area contributed by atoms with Gasteiger partial charge in [-0.15, -0.1) is 0 Å². The molecule has 8 nitrogen and oxygen atoms in total. The maximum Gasteiger partial charge on any atom is 0.274 e. The zero-order valence-electron chi connectivity index (χ0n) is 14.6. The highest BCUT2D eigenvalue weighted by Crippen LogP contribution is 2.26. The fourth-order valence-corrected chi connectivity index (χ4v) is 3.02. The maximum atomic E-state index is 13.4. The van der Waals surface area contributed by atoms with Crippen LogP contribution in [0.3, 0.4) is 0 Å². The summed E-state index contributed by atoms with van der Waals surface area (Å²) < 4.78 is 20.8. The standard InChI is InChI=1S/C18H14BrFN6O2/c1-10-7-15(24-23-10)21-16(27)9-26-6-2-3-14(26)18-22-17(25-28-18)11-4-5-13(20)12(19)8-11/h2-8H,9H2,1H3,(H2,21,23,24,27). The van der Waals surface area contributed by atoms with Crippen LogP contribution >= 0.6 is 15.9 Å². The minimum Gasteiger partial charge on any atom is -0.334 e. The van der Waals surface area contributed by atoms with Crippen molar-refractivity contribution in [1.82, 2.24) is 24.9 Å². The lowest BCUT2D eigenvalue weighted by atomic mass is 10.2. The van der Waals surface area contributed by atoms with Gasteiger partial charge < -0.3 is 14.4 Å². The predicted octanol–water partition coefficient (Wildman–Crippen LogP) is 3.78. The van der Waals surface area contributed by atoms with Crippen LogP contribution < -0.4 is 5.32 Å². The van der Waals surface area contributed by atoms with E-state index in [4.69, 9.17) is 4.52 Å². The van der Waals surface area contributed by atoms with Gasteiger partial charge in [-0.2, -0.15) is 10.1 Å². The highest BCUT2D eigenvalue weighted by Gasteiger charge is 2.16. The second-order valence-corrected chi connectivity index (χ2v) is 6.91. The Hall–Kier alpha value is -3.27. The summed E-state index contributed by atoms with van der Waals surface area (Å²) in [6.45, 7) is 1.90. The quantitative estimate of drug-likeness (QED) is 0.487. The van der Waals surface area contributed by atoms with Gasteiger partial charge in [-0.3, -0.25) is 9.89 Å². The molecule has 0 fully saturated rings. The largest absolute Gasteiger partial charge is 0.334 e. The molecule has 3 heterocycles. The van der Waals surface area contributed by atoms with Crippen LogP contribution in [0.25, 0.3) is 23.0 Å². The summed E-state index contributed by atoms with van der Waals surface area (Å²) >= 11 is 3.14. The second kappa shape index (κ2) is 7.39. The van der Waals surface area contributed by atoms with E-state index < -0.39 is 0 Å². The van der Waals surface area contributed by atoms with Gasteiger partial charge in [0.05, 0.1) is 4.47 Å². The fourth-order valence-electron chi connectivity index (χ4n) is 2.65. The molecule has 0 saturated carbocycles. The number of aromatic nitrogens is 5. The first-order valence-electron chi connectivity index (χ1n) is 8.26. The lowest BCUT2D eigenvalue weighted by Crippen LogP contribution is -2.19. The maximum absolute atomic E-state index is 13.4. The molecule has 0 radical (unpaired) electrons. The number of amides is 1. The lowest BCUT2D eigenvalue weighted by molar-refractivity contribution is -0.116. The van der Waals surface area contributed by atoms with Gasteiger partial charge >= 0.3 is 0 Å². The average Bonchev–Trinajstić information content (AvgIpc) is 3.38. The van der Waals surface area contributed by atoms with Gasteiger partial charge in [-0.25, -0.2) is 4.39 Å². The van der Waals surface area contributed by atoms with Gasteiger partial charge in [-0.05, 0) is 53.2 Å². The van der Waals surface area contributed by atoms with Crippen LogP contribution in [0.2, 0.25) is 0 Å². The van der Waals surface area contributed by atoms with Gasteiger partial charge in [0.15, 0.2) is 5.82 Å². The van der Waals surface area contributed by atoms with E-state index in [-0.39, 0.29) is 24.2 Å². The molecule has 0 saturated heterocycles. The van der Waals surface area contributed by atoms with Crippen LogP contribution in [0.1, 0.15) is 5.69 Å². The molecule has 1 aromatic carbocycles. The van der Waals surface area contributed by atoms with Gasteiger partial charge in [-0.1, -0.05) is 5.16 Å². The van der Waals surface area contributed by atoms with Gasteiger partial charge in [0.25, 0.3) is 5.89 Å². The number of nitrogens with one attached hydrogen (secondary N) is 2. The molecule has 4 rings (SSSR count). The third kappa shape index (κ3) is 3.72. The highest BCUT2D eigenvalue weighted by molar-refractivity contribution is 9.10. The Bertz CT molecular complexity index is 1150. The van der Waals surface area contributed by atoms with Crippen LogP contribution in [0.15, 0.2) is 51.6 Å². The van der Waals surface area contributed by atoms with Crippen LogP contribution in [0.4, 0.5) is 10.2 Å². The number of hydrogen-bond donors (Lipinski definition) is 2. The fraction of sp³-hybridized carbons (Fsp3) is 0.111. The molecule has 0 aliphatic carbocycles. The van der Waals surface area contributed by atoms with E-state index in [0.29, 0.717) is 27.4 Å². The molecule has 0 bridgehead atoms. The highest BCUT2D eigenvalue weighted by atomic mass is 79.9. The van der Waals surface area contributed by atoms with Crippen molar-refractivity contribution in [3.8, 4) is 23.0 Å². The monoisotopic (exact) mass is 444 g/mol. The number of hydrogen-bond acceptors (Lipinski definition) is 5. The van der Waals surface area contributed by atoms with Crippen molar-refractivity contribution in [1.29, 1.82) is 0 Å². The number of carbonyl (C=O) groups is 1. The number of benzene rings is 1. The van der Waals surface area contributed by atoms with Crippen molar-refractivity contribution in [3.63, 3.8) is 0 Å². The minimum atomic E-state index is -0.375. The molecule has 142 valence electrons. The molecule has 28 heavy (non-hydrogen) atoms. The third-order valence-electron chi connectivity index (χ3n) is 3.94. The van der Waals surface area contributed by atoms with E-state index in [1.165, 1.54) is 6.07 Å². The summed E-state index contributed by atoms with van der Waals surface area (Å²) in [5, 5.41) is 13.4. The Morgan fingerprint density at radius 2 is 2.21 bits per heavy atom. The van der Waals surface area contributed by atoms with E-state index in [9.17, 15) is 9.18 Å². The van der Waals surface area contributed by atoms with Gasteiger partial charge in [0.1, 0.15) is 18.1 Å². The number of halogens is 2. The molecule has 0 atom stereocenters. The summed E-state index contributed by atoms with van der Waals surface area (Å²) in [5.74, 6) is 0.410. The molecule has 0 unspecified atom stereocenters. The van der Waals surface area contributed by atoms with E-state index >= 15 is 0 Å². The normalized spacial score (nSPS) is 11.0. The minimum absolute atomic E-state index is 0.0497. The van der Waals surface area contributed by atoms with Gasteiger partial charge in [0, 0.05) is 23.5 Å². The summed E-state index contributed by atoms with van der Waals surface area (Å²) in [5.41, 5.74) is 2.05. The number of anilines is 1. The molecule has 10 heteroatoms. The average molecular weight is 445 g/mol. The Morgan fingerprint density at radius 3 is 2.96 bits per heavy atom. The second-order valence-electron chi connectivity index (χ2n) is 6.06. The predicted molar refractivity (Wildman–Crippen MR) is 103 cm³/mol. The number of aromatic amines is 1. The van der Waals surface area contributed by atoms with Crippen LogP contribution in [-0.4, -0.2) is 30.8 Å². The van der Waals surface area contributed by atoms with E-state index in [1.807, 2.05) is 6.92 Å². The van der Waals surface area contributed by atoms with Crippen molar-refractivity contribution in [2.75, 3.05) is 5.32 Å². The number of rotatable bonds is 5. The number of H-pyrrole nitrogens is 1. The molecular weight excluding hydrogens is 431 g/mol. The number of carbonyl (C=O) groups excluding carboxylic acids is 1. The topological polar surface area (TPSA) is 102 Å². The molecular formula is C18H14BrFN6O2. The summed E-state index contributed by atoms with van der Waals surface area (Å²) in [4.78, 5) is 16.6. The van der Waals surface area contributed by atoms with Gasteiger partial charge in [0.2, 0.25) is 11.7 Å². The molecule has 2 N–H and O–H groups in total. The first-order valence-corrected chi connectivity index (χ1v) is 9.05. The molecule has 3 aromatic heterocycles. The van der Waals surface area contributed by atoms with Crippen molar-refractivity contribution in [3.05, 3.63) is 58.6 Å². The number of nitrogens with zero attached hydrogens (tertiary/aromatic N) is 4. The van der Waals surface area contributed by atoms with Crippen molar-refractivity contribution in [2.45, 2.75) is 13.5 Å². The van der Waals surface area contributed by atoms with E-state index in [1.54, 1.807) is 41.1 Å². The molecule has 1 amide bonds. The first kappa shape index (κ1) is 18.1. The van der Waals surface area contributed by atoms with Crippen molar-refractivity contribution < 1.29 is 13.7 Å². The Balaban J connectivity index is 1.53. The van der Waals surface area contributed by atoms with Crippen molar-refractivity contribution in [2.24, 2.45) is 0 Å². The molecule has 0 aliphatic rings. The zero-order valence-corrected chi connectivity index (χ0v) is 16.2. The van der Waals surface area contributed by atoms with Crippen LogP contribution in [0.5, 0.6) is 0 Å². The summed E-state index contributed by atoms with van der Waals surface area (Å²) in [7, 11) is 0. The zero-order chi connectivity index (χ0) is 19.7. The molecule has 0 spiro atoms. The summed E-state index contributed by atoms with van der Waals surface area (Å²) in [6, 6.07) is 9.73. The van der Waals surface area contributed by atoms with Crippen LogP contribution in [0, 0.1) is 12.7 Å². The summed E-state index contributed by atoms with van der Waals surface area (Å²) in [6.07, 6.45) is 1.74. The Labute approximate surface area is 166 Å².